The molecule has 0 bridgehead atoms. The molecule has 0 aliphatic heterocycles. The Balaban J connectivity index is 1.50. The Morgan fingerprint density at radius 3 is 2.46 bits per heavy atom. The van der Waals surface area contributed by atoms with Crippen molar-refractivity contribution in [3.63, 3.8) is 0 Å². The minimum Gasteiger partial charge on any atom is -0.356 e. The predicted octanol–water partition coefficient (Wildman–Crippen LogP) is 5.07. The zero-order valence-electron chi connectivity index (χ0n) is 15.6. The van der Waals surface area contributed by atoms with E-state index >= 15 is 0 Å². The van der Waals surface area contributed by atoms with Crippen molar-refractivity contribution in [2.75, 3.05) is 5.32 Å². The van der Waals surface area contributed by atoms with Crippen molar-refractivity contribution in [3.05, 3.63) is 96.4 Å². The highest BCUT2D eigenvalue weighted by Gasteiger charge is 2.19. The fourth-order valence-corrected chi connectivity index (χ4v) is 3.36. The van der Waals surface area contributed by atoms with E-state index in [0.717, 1.165) is 16.8 Å². The molecule has 28 heavy (non-hydrogen) atoms. The van der Waals surface area contributed by atoms with Gasteiger partial charge in [-0.2, -0.15) is 0 Å². The van der Waals surface area contributed by atoms with Crippen molar-refractivity contribution in [2.24, 2.45) is 0 Å². The lowest BCUT2D eigenvalue weighted by molar-refractivity contribution is -0.116. The molecule has 140 valence electrons. The molecule has 0 radical (unpaired) electrons. The third-order valence-corrected chi connectivity index (χ3v) is 4.80. The highest BCUT2D eigenvalue weighted by atomic mass is 16.5. The predicted molar refractivity (Wildman–Crippen MR) is 109 cm³/mol. The molecule has 0 aliphatic carbocycles. The van der Waals surface area contributed by atoms with Crippen LogP contribution < -0.4 is 5.32 Å². The molecular formula is C23H21N3O2. The monoisotopic (exact) mass is 371 g/mol. The largest absolute Gasteiger partial charge is 0.356 e. The number of aryl methyl sites for hydroxylation is 1. The first-order valence-electron chi connectivity index (χ1n) is 9.19. The first-order chi connectivity index (χ1) is 13.7. The number of hydrogen-bond acceptors (Lipinski definition) is 3. The fourth-order valence-electron chi connectivity index (χ4n) is 3.36. The summed E-state index contributed by atoms with van der Waals surface area (Å²) in [6.45, 7) is 2.08. The molecule has 5 heteroatoms. The summed E-state index contributed by atoms with van der Waals surface area (Å²) in [5.74, 6) is 0.666. The van der Waals surface area contributed by atoms with Gasteiger partial charge in [0.25, 0.3) is 0 Å². The summed E-state index contributed by atoms with van der Waals surface area (Å²) in [6, 6.07) is 21.4. The third-order valence-electron chi connectivity index (χ3n) is 4.80. The molecule has 2 aromatic heterocycles. The zero-order chi connectivity index (χ0) is 19.3. The molecule has 2 heterocycles. The molecule has 0 saturated carbocycles. The SMILES string of the molecule is Cc1ccccc1[C@H](CC(=O)Nc1ccc(-c2ccno2)cc1)n1cccc1. The van der Waals surface area contributed by atoms with Gasteiger partial charge < -0.3 is 14.4 Å². The summed E-state index contributed by atoms with van der Waals surface area (Å²) in [4.78, 5) is 12.8. The molecule has 4 aromatic rings. The van der Waals surface area contributed by atoms with Gasteiger partial charge in [-0.15, -0.1) is 0 Å². The topological polar surface area (TPSA) is 60.1 Å². The van der Waals surface area contributed by atoms with Crippen molar-refractivity contribution >= 4 is 11.6 Å². The van der Waals surface area contributed by atoms with Gasteiger partial charge >= 0.3 is 0 Å². The van der Waals surface area contributed by atoms with E-state index in [-0.39, 0.29) is 11.9 Å². The Labute approximate surface area is 163 Å². The number of hydrogen-bond donors (Lipinski definition) is 1. The van der Waals surface area contributed by atoms with Crippen molar-refractivity contribution < 1.29 is 9.32 Å². The molecule has 0 saturated heterocycles. The van der Waals surface area contributed by atoms with E-state index in [4.69, 9.17) is 4.52 Å². The minimum absolute atomic E-state index is 0.0330. The number of nitrogens with zero attached hydrogens (tertiary/aromatic N) is 2. The maximum absolute atomic E-state index is 12.8. The zero-order valence-corrected chi connectivity index (χ0v) is 15.6. The molecule has 0 unspecified atom stereocenters. The first kappa shape index (κ1) is 17.8. The maximum atomic E-state index is 12.8. The van der Waals surface area contributed by atoms with Crippen LogP contribution in [0.4, 0.5) is 5.69 Å². The van der Waals surface area contributed by atoms with Gasteiger partial charge in [-0.25, -0.2) is 0 Å². The molecule has 1 amide bonds. The third kappa shape index (κ3) is 3.88. The van der Waals surface area contributed by atoms with Crippen LogP contribution in [0.3, 0.4) is 0 Å². The number of aromatic nitrogens is 2. The first-order valence-corrected chi connectivity index (χ1v) is 9.19. The number of nitrogens with one attached hydrogen (secondary N) is 1. The van der Waals surface area contributed by atoms with Crippen molar-refractivity contribution in [2.45, 2.75) is 19.4 Å². The average molecular weight is 371 g/mol. The number of rotatable bonds is 6. The maximum Gasteiger partial charge on any atom is 0.226 e. The van der Waals surface area contributed by atoms with E-state index in [0.29, 0.717) is 12.2 Å². The fraction of sp³-hybridized carbons (Fsp3) is 0.130. The Bertz CT molecular complexity index is 1040. The van der Waals surface area contributed by atoms with Crippen molar-refractivity contribution in [3.8, 4) is 11.3 Å². The summed E-state index contributed by atoms with van der Waals surface area (Å²) in [7, 11) is 0. The van der Waals surface area contributed by atoms with Gasteiger partial charge in [0, 0.05) is 29.7 Å². The van der Waals surface area contributed by atoms with Crippen LogP contribution in [0.25, 0.3) is 11.3 Å². The lowest BCUT2D eigenvalue weighted by atomic mass is 9.98. The number of benzene rings is 2. The Morgan fingerprint density at radius 2 is 1.79 bits per heavy atom. The number of amides is 1. The Morgan fingerprint density at radius 1 is 1.04 bits per heavy atom. The van der Waals surface area contributed by atoms with Gasteiger partial charge in [0.2, 0.25) is 5.91 Å². The summed E-state index contributed by atoms with van der Waals surface area (Å²) < 4.78 is 7.23. The molecule has 4 rings (SSSR count). The second-order valence-corrected chi connectivity index (χ2v) is 6.71. The lowest BCUT2D eigenvalue weighted by Crippen LogP contribution is -2.20. The van der Waals surface area contributed by atoms with Crippen LogP contribution in [0.1, 0.15) is 23.6 Å². The van der Waals surface area contributed by atoms with Gasteiger partial charge in [0.05, 0.1) is 18.7 Å². The van der Waals surface area contributed by atoms with E-state index in [1.807, 2.05) is 60.9 Å². The van der Waals surface area contributed by atoms with Crippen LogP contribution in [0.5, 0.6) is 0 Å². The minimum atomic E-state index is -0.0512. The number of carbonyl (C=O) groups is 1. The Kier molecular flexibility index (Phi) is 5.06. The van der Waals surface area contributed by atoms with E-state index in [2.05, 4.69) is 34.1 Å². The van der Waals surface area contributed by atoms with Crippen LogP contribution in [0.2, 0.25) is 0 Å². The van der Waals surface area contributed by atoms with Crippen molar-refractivity contribution in [1.29, 1.82) is 0 Å². The van der Waals surface area contributed by atoms with Gasteiger partial charge in [-0.1, -0.05) is 29.4 Å². The quantitative estimate of drug-likeness (QED) is 0.515. The van der Waals surface area contributed by atoms with Crippen LogP contribution in [-0.4, -0.2) is 15.6 Å². The molecule has 1 atom stereocenters. The molecular weight excluding hydrogens is 350 g/mol. The average Bonchev–Trinajstić information content (AvgIpc) is 3.42. The van der Waals surface area contributed by atoms with E-state index in [1.54, 1.807) is 12.3 Å². The van der Waals surface area contributed by atoms with Gasteiger partial charge in [-0.3, -0.25) is 4.79 Å². The summed E-state index contributed by atoms with van der Waals surface area (Å²) in [5, 5.41) is 6.71. The second kappa shape index (κ2) is 7.96. The smallest absolute Gasteiger partial charge is 0.226 e. The molecule has 0 spiro atoms. The van der Waals surface area contributed by atoms with Crippen LogP contribution in [0, 0.1) is 6.92 Å². The van der Waals surface area contributed by atoms with Crippen LogP contribution in [0.15, 0.2) is 89.8 Å². The summed E-state index contributed by atoms with van der Waals surface area (Å²) in [6.07, 6.45) is 5.95. The van der Waals surface area contributed by atoms with Gasteiger partial charge in [-0.05, 0) is 54.4 Å². The summed E-state index contributed by atoms with van der Waals surface area (Å²) >= 11 is 0. The summed E-state index contributed by atoms with van der Waals surface area (Å²) in [5.41, 5.74) is 3.99. The van der Waals surface area contributed by atoms with Crippen LogP contribution in [-0.2, 0) is 4.79 Å². The molecule has 0 aliphatic rings. The van der Waals surface area contributed by atoms with E-state index in [9.17, 15) is 4.79 Å². The van der Waals surface area contributed by atoms with Gasteiger partial charge in [0.15, 0.2) is 5.76 Å². The van der Waals surface area contributed by atoms with Crippen molar-refractivity contribution in [1.82, 2.24) is 9.72 Å². The van der Waals surface area contributed by atoms with E-state index < -0.39 is 0 Å². The highest BCUT2D eigenvalue weighted by Crippen LogP contribution is 2.26. The number of anilines is 1. The van der Waals surface area contributed by atoms with Gasteiger partial charge in [0.1, 0.15) is 0 Å². The highest BCUT2D eigenvalue weighted by molar-refractivity contribution is 5.91. The lowest BCUT2D eigenvalue weighted by Gasteiger charge is -2.21. The standard InChI is InChI=1S/C23H21N3O2/c1-17-6-2-3-7-20(17)21(26-14-4-5-15-26)16-23(27)25-19-10-8-18(9-11-19)22-12-13-24-28-22/h2-15,21H,16H2,1H3,(H,25,27)/t21-/m0/s1. The molecule has 5 nitrogen and oxygen atoms in total. The number of carbonyl (C=O) groups excluding carboxylic acids is 1. The second-order valence-electron chi connectivity index (χ2n) is 6.71. The normalized spacial score (nSPS) is 11.9. The molecule has 2 aromatic carbocycles. The molecule has 1 N–H and O–H groups in total. The van der Waals surface area contributed by atoms with E-state index in [1.165, 1.54) is 5.56 Å². The van der Waals surface area contributed by atoms with Crippen LogP contribution >= 0.6 is 0 Å². The Hall–Kier alpha value is -3.60. The molecule has 0 fully saturated rings.